The Balaban J connectivity index is 1.34. The van der Waals surface area contributed by atoms with Crippen LogP contribution in [0.4, 0.5) is 5.00 Å². The number of nitrogens with one attached hydrogen (secondary N) is 2. The minimum Gasteiger partial charge on any atom is -0.481 e. The van der Waals surface area contributed by atoms with Gasteiger partial charge in [0, 0.05) is 10.4 Å². The molecule has 4 rings (SSSR count). The van der Waals surface area contributed by atoms with Crippen LogP contribution in [-0.2, 0) is 22.4 Å². The molecule has 0 saturated heterocycles. The molecule has 1 atom stereocenters. The number of hydrazone groups is 1. The second kappa shape index (κ2) is 13.4. The highest BCUT2D eigenvalue weighted by atomic mass is 32.1. The fourth-order valence-electron chi connectivity index (χ4n) is 4.42. The number of rotatable bonds is 10. The monoisotopic (exact) mass is 561 g/mol. The lowest BCUT2D eigenvalue weighted by Crippen LogP contribution is -2.33. The third-order valence-electron chi connectivity index (χ3n) is 6.67. The Hall–Kier alpha value is -3.98. The van der Waals surface area contributed by atoms with Crippen molar-refractivity contribution in [3.63, 3.8) is 0 Å². The summed E-state index contributed by atoms with van der Waals surface area (Å²) >= 11 is 1.45. The molecule has 9 heteroatoms. The molecule has 1 aromatic heterocycles. The van der Waals surface area contributed by atoms with E-state index in [1.54, 1.807) is 44.3 Å². The van der Waals surface area contributed by atoms with Crippen molar-refractivity contribution >= 4 is 40.3 Å². The van der Waals surface area contributed by atoms with E-state index in [1.165, 1.54) is 16.9 Å². The van der Waals surface area contributed by atoms with Gasteiger partial charge in [0.25, 0.3) is 11.8 Å². The Labute approximate surface area is 238 Å². The summed E-state index contributed by atoms with van der Waals surface area (Å²) in [5.41, 5.74) is 6.48. The van der Waals surface area contributed by atoms with Gasteiger partial charge in [0.15, 0.2) is 6.10 Å². The normalized spacial score (nSPS) is 13.5. The van der Waals surface area contributed by atoms with Crippen LogP contribution in [0.5, 0.6) is 5.75 Å². The molecule has 210 valence electrons. The van der Waals surface area contributed by atoms with Gasteiger partial charge in [-0.2, -0.15) is 5.10 Å². The first-order chi connectivity index (χ1) is 19.3. The van der Waals surface area contributed by atoms with Crippen LogP contribution in [0.1, 0.15) is 88.7 Å². The van der Waals surface area contributed by atoms with E-state index >= 15 is 0 Å². The number of amides is 2. The number of hydrogen-bond donors (Lipinski definition) is 2. The smallest absolute Gasteiger partial charge is 0.341 e. The predicted molar refractivity (Wildman–Crippen MR) is 158 cm³/mol. The summed E-state index contributed by atoms with van der Waals surface area (Å²) in [5.74, 6) is -0.252. The van der Waals surface area contributed by atoms with Gasteiger partial charge in [0.2, 0.25) is 0 Å². The highest BCUT2D eigenvalue weighted by Gasteiger charge is 2.27. The SMILES string of the molecule is CCOC(=O)c1c(NC(=O)c2ccc(O[C@@H](C)C(=O)N/N=C\c3ccc(C(C)C)cc3)cc2)sc2c1CCCC2. The number of carbonyl (C=O) groups excluding carboxylic acids is 3. The van der Waals surface area contributed by atoms with Crippen molar-refractivity contribution in [1.82, 2.24) is 5.43 Å². The molecule has 0 fully saturated rings. The van der Waals surface area contributed by atoms with E-state index in [1.807, 2.05) is 24.3 Å². The summed E-state index contributed by atoms with van der Waals surface area (Å²) in [6, 6.07) is 14.5. The zero-order chi connectivity index (χ0) is 28.6. The van der Waals surface area contributed by atoms with Gasteiger partial charge in [-0.05, 0) is 86.4 Å². The van der Waals surface area contributed by atoms with Crippen LogP contribution >= 0.6 is 11.3 Å². The van der Waals surface area contributed by atoms with Crippen LogP contribution in [0.15, 0.2) is 53.6 Å². The van der Waals surface area contributed by atoms with E-state index in [4.69, 9.17) is 9.47 Å². The van der Waals surface area contributed by atoms with Crippen LogP contribution in [-0.4, -0.2) is 36.7 Å². The summed E-state index contributed by atoms with van der Waals surface area (Å²) in [7, 11) is 0. The molecule has 1 heterocycles. The molecule has 2 N–H and O–H groups in total. The molecular formula is C31H35N3O5S. The number of anilines is 1. The lowest BCUT2D eigenvalue weighted by molar-refractivity contribution is -0.127. The second-order valence-electron chi connectivity index (χ2n) is 9.93. The van der Waals surface area contributed by atoms with Gasteiger partial charge in [0.05, 0.1) is 18.4 Å². The van der Waals surface area contributed by atoms with Crippen molar-refractivity contribution in [3.05, 3.63) is 81.2 Å². The van der Waals surface area contributed by atoms with Gasteiger partial charge in [0.1, 0.15) is 10.8 Å². The maximum Gasteiger partial charge on any atom is 0.341 e. The van der Waals surface area contributed by atoms with Crippen LogP contribution in [0.25, 0.3) is 0 Å². The van der Waals surface area contributed by atoms with Crippen molar-refractivity contribution < 1.29 is 23.9 Å². The molecule has 0 bridgehead atoms. The maximum absolute atomic E-state index is 13.0. The summed E-state index contributed by atoms with van der Waals surface area (Å²) in [6.07, 6.45) is 4.57. The molecule has 0 saturated carbocycles. The van der Waals surface area contributed by atoms with Crippen molar-refractivity contribution in [2.45, 2.75) is 65.4 Å². The van der Waals surface area contributed by atoms with Crippen molar-refractivity contribution in [1.29, 1.82) is 0 Å². The highest BCUT2D eigenvalue weighted by Crippen LogP contribution is 2.38. The first-order valence-electron chi connectivity index (χ1n) is 13.6. The van der Waals surface area contributed by atoms with Gasteiger partial charge >= 0.3 is 5.97 Å². The minimum absolute atomic E-state index is 0.271. The van der Waals surface area contributed by atoms with Gasteiger partial charge < -0.3 is 14.8 Å². The quantitative estimate of drug-likeness (QED) is 0.177. The number of hydrogen-bond acceptors (Lipinski definition) is 7. The topological polar surface area (TPSA) is 106 Å². The van der Waals surface area contributed by atoms with E-state index in [0.717, 1.165) is 41.7 Å². The lowest BCUT2D eigenvalue weighted by Gasteiger charge is -2.13. The number of esters is 1. The molecule has 0 radical (unpaired) electrons. The molecule has 2 amide bonds. The molecule has 2 aromatic carbocycles. The van der Waals surface area contributed by atoms with Gasteiger partial charge in [-0.25, -0.2) is 10.2 Å². The fourth-order valence-corrected chi connectivity index (χ4v) is 5.69. The Morgan fingerprint density at radius 1 is 1.00 bits per heavy atom. The first-order valence-corrected chi connectivity index (χ1v) is 14.4. The summed E-state index contributed by atoms with van der Waals surface area (Å²) in [5, 5.41) is 7.45. The summed E-state index contributed by atoms with van der Waals surface area (Å²) in [6.45, 7) is 7.92. The molecule has 0 spiro atoms. The minimum atomic E-state index is -0.801. The zero-order valence-electron chi connectivity index (χ0n) is 23.3. The average molecular weight is 562 g/mol. The third-order valence-corrected chi connectivity index (χ3v) is 7.88. The largest absolute Gasteiger partial charge is 0.481 e. The zero-order valence-corrected chi connectivity index (χ0v) is 24.1. The van der Waals surface area contributed by atoms with E-state index < -0.39 is 18.0 Å². The summed E-state index contributed by atoms with van der Waals surface area (Å²) < 4.78 is 11.0. The van der Waals surface area contributed by atoms with Gasteiger partial charge in [-0.15, -0.1) is 11.3 Å². The first kappa shape index (κ1) is 29.0. The Morgan fingerprint density at radius 3 is 2.38 bits per heavy atom. The van der Waals surface area contributed by atoms with E-state index in [9.17, 15) is 14.4 Å². The van der Waals surface area contributed by atoms with Crippen LogP contribution in [0, 0.1) is 0 Å². The molecule has 40 heavy (non-hydrogen) atoms. The Morgan fingerprint density at radius 2 is 1.70 bits per heavy atom. The highest BCUT2D eigenvalue weighted by molar-refractivity contribution is 7.17. The van der Waals surface area contributed by atoms with Gasteiger partial charge in [-0.3, -0.25) is 9.59 Å². The maximum atomic E-state index is 13.0. The van der Waals surface area contributed by atoms with E-state index in [0.29, 0.717) is 27.8 Å². The van der Waals surface area contributed by atoms with Crippen molar-refractivity contribution in [3.8, 4) is 5.75 Å². The molecule has 0 unspecified atom stereocenters. The van der Waals surface area contributed by atoms with Crippen LogP contribution in [0.3, 0.4) is 0 Å². The van der Waals surface area contributed by atoms with Crippen LogP contribution < -0.4 is 15.5 Å². The molecule has 1 aliphatic carbocycles. The molecule has 8 nitrogen and oxygen atoms in total. The molecule has 0 aliphatic heterocycles. The number of benzene rings is 2. The molecular weight excluding hydrogens is 526 g/mol. The number of thiophene rings is 1. The van der Waals surface area contributed by atoms with Crippen molar-refractivity contribution in [2.75, 3.05) is 11.9 Å². The van der Waals surface area contributed by atoms with E-state index in [-0.39, 0.29) is 12.5 Å². The van der Waals surface area contributed by atoms with E-state index in [2.05, 4.69) is 29.7 Å². The second-order valence-corrected chi connectivity index (χ2v) is 11.0. The lowest BCUT2D eigenvalue weighted by atomic mass is 9.95. The number of fused-ring (bicyclic) bond motifs is 1. The number of nitrogens with zero attached hydrogens (tertiary/aromatic N) is 1. The molecule has 1 aliphatic rings. The number of carbonyl (C=O) groups is 3. The Bertz CT molecular complexity index is 1380. The molecule has 3 aromatic rings. The summed E-state index contributed by atoms with van der Waals surface area (Å²) in [4.78, 5) is 39.2. The van der Waals surface area contributed by atoms with Crippen molar-refractivity contribution in [2.24, 2.45) is 5.10 Å². The van der Waals surface area contributed by atoms with Crippen LogP contribution in [0.2, 0.25) is 0 Å². The third kappa shape index (κ3) is 7.15. The Kier molecular flexibility index (Phi) is 9.71. The average Bonchev–Trinajstić information content (AvgIpc) is 3.31. The van der Waals surface area contributed by atoms with Gasteiger partial charge in [-0.1, -0.05) is 38.1 Å². The predicted octanol–water partition coefficient (Wildman–Crippen LogP) is 6.10. The fraction of sp³-hybridized carbons (Fsp3) is 0.355. The number of ether oxygens (including phenoxy) is 2. The number of aryl methyl sites for hydroxylation is 1. The standard InChI is InChI=1S/C31H35N3O5S/c1-5-38-31(37)27-25-8-6-7-9-26(25)40-30(27)33-29(36)23-14-16-24(17-15-23)39-20(4)28(35)34-32-18-21-10-12-22(13-11-21)19(2)3/h10-20H,5-9H2,1-4H3,(H,33,36)(H,34,35)/b32-18-/t20-/m0/s1.